The summed E-state index contributed by atoms with van der Waals surface area (Å²) in [7, 11) is 2.11. The van der Waals surface area contributed by atoms with Crippen LogP contribution in [0.25, 0.3) is 21.1 Å². The lowest BCUT2D eigenvalue weighted by Gasteiger charge is -2.35. The van der Waals surface area contributed by atoms with Gasteiger partial charge in [0.05, 0.1) is 31.6 Å². The van der Waals surface area contributed by atoms with Crippen molar-refractivity contribution in [3.8, 4) is 5.75 Å². The Balaban J connectivity index is 0.00000290. The largest absolute Gasteiger partial charge is 0.506 e. The fourth-order valence-corrected chi connectivity index (χ4v) is 9.93. The number of phenols is 1. The standard InChI is InChI=1S/C39H42N4O7S3.2FH/c1-42(25-8-10-26(11-9-25)50-37(47)39(49,33-5-2-19-51-33)34-6-3-20-52-34)17-4-18-43-29-14-7-24(21-32(29)53-38(43)48)22-40-23-31(45)27-12-15-30(44)36-28(27)13-16-35(46)41-36;;/h2-3,5-7,12-16,19-21,25-26,31,40,44-45,49H,4,8-11,17-18,22-23H2,1H3,(H,41,46);2*1H/t25-,26-,31-;;/m0../s1. The monoisotopic (exact) mass is 814 g/mol. The molecule has 4 aromatic heterocycles. The number of aromatic hydroxyl groups is 1. The number of aromatic amines is 1. The highest BCUT2D eigenvalue weighted by Gasteiger charge is 2.45. The van der Waals surface area contributed by atoms with E-state index in [9.17, 15) is 29.7 Å². The first-order valence-corrected chi connectivity index (χ1v) is 20.3. The molecular formula is C39H44F2N4O7S3. The Morgan fingerprint density at radius 1 is 1.02 bits per heavy atom. The second-order valence-corrected chi connectivity index (χ2v) is 16.5. The van der Waals surface area contributed by atoms with Crippen molar-refractivity contribution in [1.29, 1.82) is 0 Å². The molecule has 1 aliphatic rings. The lowest BCUT2D eigenvalue weighted by atomic mass is 9.91. The van der Waals surface area contributed by atoms with Gasteiger partial charge < -0.3 is 35.3 Å². The van der Waals surface area contributed by atoms with Crippen molar-refractivity contribution in [2.24, 2.45) is 0 Å². The molecule has 0 amide bonds. The third kappa shape index (κ3) is 8.91. The van der Waals surface area contributed by atoms with Crippen LogP contribution in [0.1, 0.15) is 59.1 Å². The number of aliphatic hydroxyl groups is 2. The van der Waals surface area contributed by atoms with E-state index in [1.54, 1.807) is 24.3 Å². The van der Waals surface area contributed by atoms with Gasteiger partial charge in [-0.2, -0.15) is 0 Å². The number of aliphatic hydroxyl groups excluding tert-OH is 1. The number of aryl methyl sites for hydroxylation is 1. The minimum Gasteiger partial charge on any atom is -0.506 e. The molecule has 16 heteroatoms. The zero-order chi connectivity index (χ0) is 37.1. The molecule has 0 bridgehead atoms. The number of thiazole rings is 1. The molecule has 4 heterocycles. The van der Waals surface area contributed by atoms with Crippen molar-refractivity contribution in [2.45, 2.75) is 69.0 Å². The highest BCUT2D eigenvalue weighted by Crippen LogP contribution is 2.38. The molecule has 294 valence electrons. The number of esters is 1. The van der Waals surface area contributed by atoms with Crippen LogP contribution in [0.2, 0.25) is 0 Å². The Kier molecular flexibility index (Phi) is 13.8. The maximum absolute atomic E-state index is 13.4. The van der Waals surface area contributed by atoms with E-state index in [0.29, 0.717) is 45.4 Å². The first-order chi connectivity index (χ1) is 25.6. The quantitative estimate of drug-likeness (QED) is 0.0836. The average molecular weight is 815 g/mol. The molecule has 0 spiro atoms. The van der Waals surface area contributed by atoms with Crippen LogP contribution >= 0.6 is 34.0 Å². The van der Waals surface area contributed by atoms with E-state index in [2.05, 4.69) is 22.2 Å². The number of thiophene rings is 2. The second kappa shape index (κ2) is 18.1. The van der Waals surface area contributed by atoms with Gasteiger partial charge in [-0.1, -0.05) is 35.6 Å². The second-order valence-electron chi connectivity index (χ2n) is 13.6. The topological polar surface area (TPSA) is 157 Å². The molecule has 1 fully saturated rings. The summed E-state index contributed by atoms with van der Waals surface area (Å²) < 4.78 is 8.69. The summed E-state index contributed by atoms with van der Waals surface area (Å²) >= 11 is 3.91. The van der Waals surface area contributed by atoms with E-state index in [4.69, 9.17) is 4.74 Å². The smallest absolute Gasteiger partial charge is 0.349 e. The Hall–Kier alpha value is -4.29. The molecule has 1 saturated carbocycles. The number of halogens is 2. The summed E-state index contributed by atoms with van der Waals surface area (Å²) in [6.07, 6.45) is 2.92. The van der Waals surface area contributed by atoms with Crippen molar-refractivity contribution in [2.75, 3.05) is 20.1 Å². The van der Waals surface area contributed by atoms with Crippen molar-refractivity contribution < 1.29 is 34.3 Å². The van der Waals surface area contributed by atoms with Gasteiger partial charge in [-0.15, -0.1) is 22.7 Å². The number of nitrogens with one attached hydrogen (secondary N) is 2. The van der Waals surface area contributed by atoms with Gasteiger partial charge in [0.2, 0.25) is 11.2 Å². The van der Waals surface area contributed by atoms with Crippen LogP contribution in [0.5, 0.6) is 5.75 Å². The Morgan fingerprint density at radius 3 is 2.40 bits per heavy atom. The molecule has 5 N–H and O–H groups in total. The van der Waals surface area contributed by atoms with E-state index in [1.165, 1.54) is 46.1 Å². The molecule has 0 radical (unpaired) electrons. The number of rotatable bonds is 14. The van der Waals surface area contributed by atoms with Gasteiger partial charge >= 0.3 is 10.8 Å². The van der Waals surface area contributed by atoms with Crippen LogP contribution in [0, 0.1) is 0 Å². The number of carbonyl (C=O) groups is 1. The van der Waals surface area contributed by atoms with Crippen LogP contribution in [0.15, 0.2) is 87.1 Å². The summed E-state index contributed by atoms with van der Waals surface area (Å²) in [6.45, 7) is 2.17. The summed E-state index contributed by atoms with van der Waals surface area (Å²) in [5.41, 5.74) is 0.663. The minimum atomic E-state index is -1.79. The summed E-state index contributed by atoms with van der Waals surface area (Å²) in [5, 5.41) is 40.2. The summed E-state index contributed by atoms with van der Waals surface area (Å²) in [5.74, 6) is -0.669. The molecule has 1 atom stereocenters. The Labute approximate surface area is 327 Å². The SMILES string of the molecule is CN(CCCn1c(=O)sc2cc(CNC[C@H](O)c3ccc(O)c4[nH]c(=O)ccc34)ccc21)[C@H]1CC[C@H](OC(=O)C(O)(c2cccs2)c2cccs2)CC1.F.F. The number of H-pyrrole nitrogens is 1. The number of benzene rings is 2. The lowest BCUT2D eigenvalue weighted by molar-refractivity contribution is -0.169. The minimum absolute atomic E-state index is 0. The van der Waals surface area contributed by atoms with Gasteiger partial charge in [-0.05, 0) is 104 Å². The zero-order valence-corrected chi connectivity index (χ0v) is 32.5. The third-order valence-corrected chi connectivity index (χ3v) is 13.0. The molecule has 0 unspecified atom stereocenters. The fraction of sp³-hybridized carbons (Fsp3) is 0.359. The molecule has 1 aliphatic carbocycles. The van der Waals surface area contributed by atoms with Crippen molar-refractivity contribution >= 4 is 61.1 Å². The van der Waals surface area contributed by atoms with Gasteiger partial charge in [-0.25, -0.2) is 4.79 Å². The Morgan fingerprint density at radius 2 is 1.73 bits per heavy atom. The number of hydrogen-bond acceptors (Lipinski definition) is 12. The number of carbonyl (C=O) groups excluding carboxylic acids is 1. The van der Waals surface area contributed by atoms with Crippen LogP contribution in [-0.4, -0.2) is 68.0 Å². The summed E-state index contributed by atoms with van der Waals surface area (Å²) in [6, 6.07) is 19.6. The Bertz CT molecular complexity index is 2270. The van der Waals surface area contributed by atoms with Crippen molar-refractivity contribution in [3.63, 3.8) is 0 Å². The number of fused-ring (bicyclic) bond motifs is 2. The maximum atomic E-state index is 13.4. The molecular weight excluding hydrogens is 771 g/mol. The van der Waals surface area contributed by atoms with Gasteiger partial charge in [0.1, 0.15) is 11.9 Å². The van der Waals surface area contributed by atoms with E-state index in [0.717, 1.165) is 54.4 Å². The number of nitrogens with zero attached hydrogens (tertiary/aromatic N) is 2. The van der Waals surface area contributed by atoms with Gasteiger partial charge in [0.15, 0.2) is 0 Å². The average Bonchev–Trinajstić information content (AvgIpc) is 3.95. The van der Waals surface area contributed by atoms with Crippen LogP contribution in [0.4, 0.5) is 9.41 Å². The van der Waals surface area contributed by atoms with Gasteiger partial charge in [0, 0.05) is 37.1 Å². The van der Waals surface area contributed by atoms with Gasteiger partial charge in [0.25, 0.3) is 0 Å². The molecule has 11 nitrogen and oxygen atoms in total. The van der Waals surface area contributed by atoms with E-state index in [-0.39, 0.29) is 38.2 Å². The normalized spacial score (nSPS) is 16.5. The maximum Gasteiger partial charge on any atom is 0.349 e. The zero-order valence-electron chi connectivity index (χ0n) is 30.0. The van der Waals surface area contributed by atoms with Gasteiger partial charge in [-0.3, -0.25) is 23.6 Å². The predicted molar refractivity (Wildman–Crippen MR) is 215 cm³/mol. The fourth-order valence-electron chi connectivity index (χ4n) is 7.24. The van der Waals surface area contributed by atoms with Crippen LogP contribution in [0.3, 0.4) is 0 Å². The van der Waals surface area contributed by atoms with Crippen LogP contribution < -0.4 is 15.7 Å². The van der Waals surface area contributed by atoms with E-state index >= 15 is 0 Å². The van der Waals surface area contributed by atoms with E-state index < -0.39 is 17.7 Å². The molecule has 0 aliphatic heterocycles. The molecule has 0 saturated heterocycles. The number of hydrogen-bond donors (Lipinski definition) is 5. The number of phenolic OH excluding ortho intramolecular Hbond substituents is 1. The number of aromatic nitrogens is 2. The van der Waals surface area contributed by atoms with Crippen molar-refractivity contribution in [1.82, 2.24) is 19.8 Å². The molecule has 2 aromatic carbocycles. The van der Waals surface area contributed by atoms with Crippen molar-refractivity contribution in [3.05, 3.63) is 118 Å². The highest BCUT2D eigenvalue weighted by atomic mass is 32.1. The number of pyridine rings is 1. The molecule has 55 heavy (non-hydrogen) atoms. The summed E-state index contributed by atoms with van der Waals surface area (Å²) in [4.78, 5) is 44.2. The highest BCUT2D eigenvalue weighted by molar-refractivity contribution is 7.16. The van der Waals surface area contributed by atoms with E-state index in [1.807, 2.05) is 45.7 Å². The van der Waals surface area contributed by atoms with Crippen LogP contribution in [-0.2, 0) is 28.2 Å². The third-order valence-electron chi connectivity index (χ3n) is 10.1. The molecule has 6 aromatic rings. The first-order valence-electron chi connectivity index (χ1n) is 17.7. The predicted octanol–water partition coefficient (Wildman–Crippen LogP) is 5.97. The molecule has 7 rings (SSSR count). The first kappa shape index (κ1) is 41.9. The number of ether oxygens (including phenoxy) is 1. The lowest BCUT2D eigenvalue weighted by Crippen LogP contribution is -2.42.